The predicted octanol–water partition coefficient (Wildman–Crippen LogP) is 1.90. The quantitative estimate of drug-likeness (QED) is 0.642. The van der Waals surface area contributed by atoms with E-state index in [1.165, 1.54) is 6.92 Å². The zero-order valence-electron chi connectivity index (χ0n) is 13.7. The Balaban J connectivity index is 1.98. The van der Waals surface area contributed by atoms with Gasteiger partial charge in [0.1, 0.15) is 13.2 Å². The van der Waals surface area contributed by atoms with Gasteiger partial charge in [0.2, 0.25) is 0 Å². The summed E-state index contributed by atoms with van der Waals surface area (Å²) in [5.74, 6) is -0.644. The molecule has 5 heteroatoms. The van der Waals surface area contributed by atoms with Crippen LogP contribution in [0.1, 0.15) is 41.1 Å². The molecular weight excluding hydrogens is 292 g/mol. The summed E-state index contributed by atoms with van der Waals surface area (Å²) in [7, 11) is 3.86. The van der Waals surface area contributed by atoms with Crippen molar-refractivity contribution < 1.29 is 18.9 Å². The van der Waals surface area contributed by atoms with Crippen LogP contribution in [0.15, 0.2) is 36.8 Å². The van der Waals surface area contributed by atoms with Crippen LogP contribution < -0.4 is 4.57 Å². The SMILES string of the molecule is CC(=O)OC(c1ccc[n+](C)c1)C1CCc2c(ccn2C)C1=O. The number of ether oxygens (including phenoxy) is 1. The Hall–Kier alpha value is -2.43. The Morgan fingerprint density at radius 1 is 1.43 bits per heavy atom. The number of fused-ring (bicyclic) bond motifs is 1. The Morgan fingerprint density at radius 2 is 2.22 bits per heavy atom. The molecule has 2 atom stereocenters. The molecule has 2 aromatic heterocycles. The average molecular weight is 313 g/mol. The van der Waals surface area contributed by atoms with Crippen LogP contribution >= 0.6 is 0 Å². The zero-order chi connectivity index (χ0) is 16.6. The van der Waals surface area contributed by atoms with Crippen molar-refractivity contribution in [2.45, 2.75) is 25.9 Å². The minimum Gasteiger partial charge on any atom is -0.457 e. The Labute approximate surface area is 135 Å². The fraction of sp³-hybridized carbons (Fsp3) is 0.389. The van der Waals surface area contributed by atoms with E-state index in [0.29, 0.717) is 6.42 Å². The molecule has 3 rings (SSSR count). The lowest BCUT2D eigenvalue weighted by Crippen LogP contribution is -2.33. The first-order chi connectivity index (χ1) is 11.0. The van der Waals surface area contributed by atoms with E-state index in [9.17, 15) is 9.59 Å². The Bertz CT molecular complexity index is 763. The number of hydrogen-bond donors (Lipinski definition) is 0. The highest BCUT2D eigenvalue weighted by atomic mass is 16.5. The second-order valence-corrected chi connectivity index (χ2v) is 6.13. The molecule has 0 amide bonds. The van der Waals surface area contributed by atoms with Gasteiger partial charge in [0.05, 0.1) is 11.5 Å². The summed E-state index contributed by atoms with van der Waals surface area (Å²) in [6.07, 6.45) is 6.68. The highest BCUT2D eigenvalue weighted by Crippen LogP contribution is 2.36. The predicted molar refractivity (Wildman–Crippen MR) is 83.7 cm³/mol. The minimum atomic E-state index is -0.541. The van der Waals surface area contributed by atoms with Crippen molar-refractivity contribution >= 4 is 11.8 Å². The van der Waals surface area contributed by atoms with E-state index in [1.807, 2.05) is 60.0 Å². The van der Waals surface area contributed by atoms with Gasteiger partial charge in [-0.15, -0.1) is 0 Å². The number of hydrogen-bond acceptors (Lipinski definition) is 3. The summed E-state index contributed by atoms with van der Waals surface area (Å²) in [6.45, 7) is 1.39. The van der Waals surface area contributed by atoms with E-state index in [4.69, 9.17) is 4.74 Å². The van der Waals surface area contributed by atoms with Gasteiger partial charge in [0.25, 0.3) is 0 Å². The molecule has 1 aliphatic rings. The number of pyridine rings is 1. The molecule has 2 aromatic rings. The first-order valence-corrected chi connectivity index (χ1v) is 7.78. The zero-order valence-corrected chi connectivity index (χ0v) is 13.7. The molecule has 0 N–H and O–H groups in total. The number of esters is 1. The molecule has 0 spiro atoms. The maximum Gasteiger partial charge on any atom is 0.303 e. The van der Waals surface area contributed by atoms with Crippen LogP contribution in [-0.2, 0) is 30.0 Å². The third-order valence-electron chi connectivity index (χ3n) is 4.45. The summed E-state index contributed by atoms with van der Waals surface area (Å²) in [5, 5.41) is 0. The van der Waals surface area contributed by atoms with Crippen molar-refractivity contribution in [3.8, 4) is 0 Å². The smallest absolute Gasteiger partial charge is 0.303 e. The maximum absolute atomic E-state index is 12.9. The van der Waals surface area contributed by atoms with E-state index in [2.05, 4.69) is 0 Å². The molecule has 2 unspecified atom stereocenters. The van der Waals surface area contributed by atoms with E-state index in [-0.39, 0.29) is 17.7 Å². The van der Waals surface area contributed by atoms with Crippen molar-refractivity contribution in [1.29, 1.82) is 0 Å². The molecule has 23 heavy (non-hydrogen) atoms. The molecule has 0 bridgehead atoms. The molecule has 1 aliphatic carbocycles. The Morgan fingerprint density at radius 3 is 2.91 bits per heavy atom. The van der Waals surface area contributed by atoms with Gasteiger partial charge in [0, 0.05) is 37.5 Å². The van der Waals surface area contributed by atoms with Crippen molar-refractivity contribution in [3.05, 3.63) is 53.6 Å². The van der Waals surface area contributed by atoms with E-state index in [0.717, 1.165) is 23.2 Å². The maximum atomic E-state index is 12.9. The molecule has 5 nitrogen and oxygen atoms in total. The molecule has 0 aromatic carbocycles. The van der Waals surface area contributed by atoms with Gasteiger partial charge >= 0.3 is 5.97 Å². The third kappa shape index (κ3) is 2.91. The van der Waals surface area contributed by atoms with Gasteiger partial charge in [-0.1, -0.05) is 0 Å². The lowest BCUT2D eigenvalue weighted by atomic mass is 9.80. The van der Waals surface area contributed by atoms with Gasteiger partial charge in [0.15, 0.2) is 18.2 Å². The molecule has 2 heterocycles. The Kier molecular flexibility index (Phi) is 4.03. The molecule has 0 aliphatic heterocycles. The first kappa shape index (κ1) is 15.5. The number of rotatable bonds is 3. The minimum absolute atomic E-state index is 0.0598. The molecule has 0 fully saturated rings. The van der Waals surface area contributed by atoms with Gasteiger partial charge in [-0.05, 0) is 25.0 Å². The van der Waals surface area contributed by atoms with E-state index >= 15 is 0 Å². The van der Waals surface area contributed by atoms with Gasteiger partial charge < -0.3 is 9.30 Å². The molecule has 0 saturated heterocycles. The second kappa shape index (κ2) is 5.99. The number of nitrogens with zero attached hydrogens (tertiary/aromatic N) is 2. The highest BCUT2D eigenvalue weighted by Gasteiger charge is 2.38. The third-order valence-corrected chi connectivity index (χ3v) is 4.45. The summed E-state index contributed by atoms with van der Waals surface area (Å²) >= 11 is 0. The largest absolute Gasteiger partial charge is 0.457 e. The number of Topliss-reactive ketones (excluding diaryl/α,β-unsaturated/α-hetero) is 1. The van der Waals surface area contributed by atoms with Crippen LogP contribution in [0.5, 0.6) is 0 Å². The summed E-state index contributed by atoms with van der Waals surface area (Å²) < 4.78 is 9.43. The fourth-order valence-electron chi connectivity index (χ4n) is 3.35. The van der Waals surface area contributed by atoms with Gasteiger partial charge in [-0.25, -0.2) is 4.57 Å². The van der Waals surface area contributed by atoms with Crippen molar-refractivity contribution in [2.24, 2.45) is 20.0 Å². The van der Waals surface area contributed by atoms with E-state index in [1.54, 1.807) is 0 Å². The van der Waals surface area contributed by atoms with Crippen LogP contribution in [0.2, 0.25) is 0 Å². The molecule has 120 valence electrons. The first-order valence-electron chi connectivity index (χ1n) is 7.78. The van der Waals surface area contributed by atoms with E-state index < -0.39 is 6.10 Å². The monoisotopic (exact) mass is 313 g/mol. The normalized spacial score (nSPS) is 18.4. The van der Waals surface area contributed by atoms with Crippen molar-refractivity contribution in [3.63, 3.8) is 0 Å². The van der Waals surface area contributed by atoms with Crippen LogP contribution in [0.25, 0.3) is 0 Å². The van der Waals surface area contributed by atoms with Crippen molar-refractivity contribution in [1.82, 2.24) is 4.57 Å². The van der Waals surface area contributed by atoms with Crippen LogP contribution in [0.4, 0.5) is 0 Å². The summed E-state index contributed by atoms with van der Waals surface area (Å²) in [6, 6.07) is 5.66. The number of carbonyl (C=O) groups excluding carboxylic acids is 2. The standard InChI is InChI=1S/C18H21N2O3/c1-12(21)23-18(13-5-4-9-19(2)11-13)15-6-7-16-14(17(15)22)8-10-20(16)3/h4-5,8-11,15,18H,6-7H2,1-3H3/q+1. The molecule has 0 saturated carbocycles. The van der Waals surface area contributed by atoms with Crippen LogP contribution in [0.3, 0.4) is 0 Å². The van der Waals surface area contributed by atoms with Gasteiger partial charge in [-0.2, -0.15) is 0 Å². The van der Waals surface area contributed by atoms with Gasteiger partial charge in [-0.3, -0.25) is 9.59 Å². The summed E-state index contributed by atoms with van der Waals surface area (Å²) in [4.78, 5) is 24.5. The average Bonchev–Trinajstić information content (AvgIpc) is 2.88. The number of aromatic nitrogens is 2. The molecular formula is C18H21N2O3+. The number of carbonyl (C=O) groups is 2. The lowest BCUT2D eigenvalue weighted by molar-refractivity contribution is -0.672. The number of aryl methyl sites for hydroxylation is 2. The van der Waals surface area contributed by atoms with Crippen LogP contribution in [0, 0.1) is 5.92 Å². The molecule has 0 radical (unpaired) electrons. The summed E-state index contributed by atoms with van der Waals surface area (Å²) in [5.41, 5.74) is 2.66. The fourth-order valence-corrected chi connectivity index (χ4v) is 3.35. The van der Waals surface area contributed by atoms with Crippen molar-refractivity contribution in [2.75, 3.05) is 0 Å². The number of ketones is 1. The highest BCUT2D eigenvalue weighted by molar-refractivity contribution is 6.00. The lowest BCUT2D eigenvalue weighted by Gasteiger charge is -2.28. The second-order valence-electron chi connectivity index (χ2n) is 6.13. The van der Waals surface area contributed by atoms with Crippen LogP contribution in [-0.4, -0.2) is 16.3 Å². The topological polar surface area (TPSA) is 52.2 Å².